The number of ether oxygens (including phenoxy) is 1. The quantitative estimate of drug-likeness (QED) is 0.548. The molecule has 0 radical (unpaired) electrons. The van der Waals surface area contributed by atoms with E-state index in [0.717, 1.165) is 43.9 Å². The minimum Gasteiger partial charge on any atom is -0.381 e. The lowest BCUT2D eigenvalue weighted by Gasteiger charge is -2.08. The smallest absolute Gasteiger partial charge is 0.125 e. The van der Waals surface area contributed by atoms with Crippen molar-refractivity contribution >= 4 is 22.6 Å². The van der Waals surface area contributed by atoms with Crippen LogP contribution >= 0.6 is 11.6 Å². The highest BCUT2D eigenvalue weighted by Crippen LogP contribution is 2.18. The molecule has 3 nitrogen and oxygen atoms in total. The fourth-order valence-corrected chi connectivity index (χ4v) is 2.42. The highest BCUT2D eigenvalue weighted by Gasteiger charge is 2.10. The molecule has 2 aromatic rings. The number of nitrogens with zero attached hydrogens (tertiary/aromatic N) is 2. The van der Waals surface area contributed by atoms with Crippen LogP contribution in [-0.2, 0) is 17.7 Å². The van der Waals surface area contributed by atoms with Crippen molar-refractivity contribution in [1.29, 1.82) is 0 Å². The molecule has 1 heterocycles. The number of hydrogen-bond donors (Lipinski definition) is 0. The van der Waals surface area contributed by atoms with E-state index in [1.165, 1.54) is 12.1 Å². The van der Waals surface area contributed by atoms with E-state index >= 15 is 0 Å². The molecule has 0 aliphatic rings. The summed E-state index contributed by atoms with van der Waals surface area (Å²) in [5.41, 5.74) is 1.65. The van der Waals surface area contributed by atoms with E-state index in [4.69, 9.17) is 16.3 Å². The Morgan fingerprint density at radius 1 is 1.35 bits per heavy atom. The van der Waals surface area contributed by atoms with Crippen LogP contribution in [0.5, 0.6) is 0 Å². The first-order chi connectivity index (χ1) is 9.76. The SMILES string of the molecule is CCCOCCCn1c(CCCl)nc2cc(F)ccc21. The molecule has 0 bridgehead atoms. The predicted molar refractivity (Wildman–Crippen MR) is 79.8 cm³/mol. The second-order valence-corrected chi connectivity index (χ2v) is 5.10. The number of alkyl halides is 1. The van der Waals surface area contributed by atoms with Crippen molar-refractivity contribution in [2.75, 3.05) is 19.1 Å². The van der Waals surface area contributed by atoms with E-state index < -0.39 is 0 Å². The average molecular weight is 299 g/mol. The molecule has 0 amide bonds. The molecule has 20 heavy (non-hydrogen) atoms. The first kappa shape index (κ1) is 15.3. The van der Waals surface area contributed by atoms with E-state index in [1.807, 2.05) is 0 Å². The Bertz CT molecular complexity index is 556. The Morgan fingerprint density at radius 3 is 2.95 bits per heavy atom. The molecule has 0 unspecified atom stereocenters. The molecule has 1 aromatic carbocycles. The number of halogens is 2. The Kier molecular flexibility index (Phi) is 5.80. The van der Waals surface area contributed by atoms with Crippen LogP contribution in [0.15, 0.2) is 18.2 Å². The van der Waals surface area contributed by atoms with Crippen LogP contribution in [0.3, 0.4) is 0 Å². The van der Waals surface area contributed by atoms with Crippen LogP contribution < -0.4 is 0 Å². The maximum atomic E-state index is 13.3. The Balaban J connectivity index is 2.13. The monoisotopic (exact) mass is 298 g/mol. The number of imidazole rings is 1. The van der Waals surface area contributed by atoms with Gasteiger partial charge in [-0.1, -0.05) is 6.92 Å². The van der Waals surface area contributed by atoms with Crippen LogP contribution in [0.2, 0.25) is 0 Å². The Hall–Kier alpha value is -1.13. The van der Waals surface area contributed by atoms with Crippen molar-refractivity contribution in [2.24, 2.45) is 0 Å². The van der Waals surface area contributed by atoms with Crippen LogP contribution in [0.1, 0.15) is 25.6 Å². The number of fused-ring (bicyclic) bond motifs is 1. The zero-order valence-electron chi connectivity index (χ0n) is 11.7. The van der Waals surface area contributed by atoms with Crippen molar-refractivity contribution in [1.82, 2.24) is 9.55 Å². The lowest BCUT2D eigenvalue weighted by atomic mass is 10.3. The van der Waals surface area contributed by atoms with Crippen molar-refractivity contribution in [3.8, 4) is 0 Å². The highest BCUT2D eigenvalue weighted by molar-refractivity contribution is 6.17. The van der Waals surface area contributed by atoms with Crippen molar-refractivity contribution in [3.63, 3.8) is 0 Å². The van der Waals surface area contributed by atoms with Crippen LogP contribution in [0.4, 0.5) is 4.39 Å². The first-order valence-corrected chi connectivity index (χ1v) is 7.58. The number of aryl methyl sites for hydroxylation is 2. The largest absolute Gasteiger partial charge is 0.381 e. The minimum absolute atomic E-state index is 0.258. The van der Waals surface area contributed by atoms with Gasteiger partial charge in [0.1, 0.15) is 11.6 Å². The summed E-state index contributed by atoms with van der Waals surface area (Å²) in [7, 11) is 0. The molecule has 0 saturated heterocycles. The molecule has 1 aromatic heterocycles. The van der Waals surface area contributed by atoms with Crippen LogP contribution in [0, 0.1) is 5.82 Å². The summed E-state index contributed by atoms with van der Waals surface area (Å²) in [5.74, 6) is 1.17. The molecular weight excluding hydrogens is 279 g/mol. The van der Waals surface area contributed by atoms with E-state index in [0.29, 0.717) is 17.8 Å². The van der Waals surface area contributed by atoms with E-state index in [-0.39, 0.29) is 5.82 Å². The van der Waals surface area contributed by atoms with Gasteiger partial charge in [-0.2, -0.15) is 0 Å². The van der Waals surface area contributed by atoms with Gasteiger partial charge < -0.3 is 9.30 Å². The Labute approximate surface area is 123 Å². The summed E-state index contributed by atoms with van der Waals surface area (Å²) in [4.78, 5) is 4.48. The van der Waals surface area contributed by atoms with Crippen molar-refractivity contribution in [3.05, 3.63) is 29.8 Å². The molecular formula is C15H20ClFN2O. The molecule has 2 rings (SSSR count). The fraction of sp³-hybridized carbons (Fsp3) is 0.533. The first-order valence-electron chi connectivity index (χ1n) is 7.04. The predicted octanol–water partition coefficient (Wildman–Crippen LogP) is 3.77. The summed E-state index contributed by atoms with van der Waals surface area (Å²) in [6.07, 6.45) is 2.64. The van der Waals surface area contributed by atoms with Crippen LogP contribution in [0.25, 0.3) is 11.0 Å². The summed E-state index contributed by atoms with van der Waals surface area (Å²) in [6.45, 7) is 4.44. The summed E-state index contributed by atoms with van der Waals surface area (Å²) < 4.78 is 20.9. The lowest BCUT2D eigenvalue weighted by molar-refractivity contribution is 0.129. The fourth-order valence-electron chi connectivity index (χ4n) is 2.25. The van der Waals surface area contributed by atoms with Crippen molar-refractivity contribution < 1.29 is 9.13 Å². The summed E-state index contributed by atoms with van der Waals surface area (Å²) in [5, 5.41) is 0. The van der Waals surface area contributed by atoms with Gasteiger partial charge in [0.25, 0.3) is 0 Å². The molecule has 0 spiro atoms. The molecule has 0 aliphatic carbocycles. The van der Waals surface area contributed by atoms with E-state index in [9.17, 15) is 4.39 Å². The third kappa shape index (κ3) is 3.70. The third-order valence-electron chi connectivity index (χ3n) is 3.13. The maximum absolute atomic E-state index is 13.3. The second kappa shape index (κ2) is 7.60. The van der Waals surface area contributed by atoms with Gasteiger partial charge in [0.2, 0.25) is 0 Å². The van der Waals surface area contributed by atoms with Gasteiger partial charge in [-0.3, -0.25) is 0 Å². The zero-order chi connectivity index (χ0) is 14.4. The van der Waals surface area contributed by atoms with Crippen molar-refractivity contribution in [2.45, 2.75) is 32.7 Å². The molecule has 0 fully saturated rings. The normalized spacial score (nSPS) is 11.3. The number of rotatable bonds is 8. The molecule has 0 saturated carbocycles. The van der Waals surface area contributed by atoms with E-state index in [2.05, 4.69) is 16.5 Å². The average Bonchev–Trinajstić information content (AvgIpc) is 2.76. The van der Waals surface area contributed by atoms with Gasteiger partial charge in [0.05, 0.1) is 11.0 Å². The third-order valence-corrected chi connectivity index (χ3v) is 3.32. The van der Waals surface area contributed by atoms with Crippen LogP contribution in [-0.4, -0.2) is 28.6 Å². The maximum Gasteiger partial charge on any atom is 0.125 e. The van der Waals surface area contributed by atoms with Gasteiger partial charge in [-0.25, -0.2) is 9.37 Å². The highest BCUT2D eigenvalue weighted by atomic mass is 35.5. The van der Waals surface area contributed by atoms with Gasteiger partial charge >= 0.3 is 0 Å². The standard InChI is InChI=1S/C15H20ClFN2O/c1-2-9-20-10-3-8-19-14-5-4-12(17)11-13(14)18-15(19)6-7-16/h4-5,11H,2-3,6-10H2,1H3. The topological polar surface area (TPSA) is 27.1 Å². The summed E-state index contributed by atoms with van der Waals surface area (Å²) >= 11 is 5.82. The van der Waals surface area contributed by atoms with Gasteiger partial charge in [-0.05, 0) is 25.0 Å². The lowest BCUT2D eigenvalue weighted by Crippen LogP contribution is -2.07. The number of benzene rings is 1. The van der Waals surface area contributed by atoms with Gasteiger partial charge in [-0.15, -0.1) is 11.6 Å². The van der Waals surface area contributed by atoms with E-state index in [1.54, 1.807) is 6.07 Å². The molecule has 0 aliphatic heterocycles. The second-order valence-electron chi connectivity index (χ2n) is 4.72. The number of aromatic nitrogens is 2. The molecule has 5 heteroatoms. The number of hydrogen-bond acceptors (Lipinski definition) is 2. The molecule has 0 atom stereocenters. The summed E-state index contributed by atoms with van der Waals surface area (Å²) in [6, 6.07) is 4.72. The minimum atomic E-state index is -0.258. The zero-order valence-corrected chi connectivity index (χ0v) is 12.5. The van der Waals surface area contributed by atoms with Gasteiger partial charge in [0, 0.05) is 38.1 Å². The Morgan fingerprint density at radius 2 is 2.20 bits per heavy atom. The molecule has 0 N–H and O–H groups in total. The van der Waals surface area contributed by atoms with Gasteiger partial charge in [0.15, 0.2) is 0 Å². The molecule has 110 valence electrons.